The third-order valence-electron chi connectivity index (χ3n) is 9.97. The van der Waals surface area contributed by atoms with Gasteiger partial charge in [-0.2, -0.15) is 0 Å². The summed E-state index contributed by atoms with van der Waals surface area (Å²) in [6.07, 6.45) is 10.8. The van der Waals surface area contributed by atoms with Crippen molar-refractivity contribution in [3.05, 3.63) is 75.8 Å². The number of carbonyl (C=O) groups excluding carboxylic acids is 2. The van der Waals surface area contributed by atoms with Gasteiger partial charge in [0.15, 0.2) is 0 Å². The first-order valence-electron chi connectivity index (χ1n) is 16.0. The number of hydrogen-bond donors (Lipinski definition) is 2. The topological polar surface area (TPSA) is 87.1 Å². The van der Waals surface area contributed by atoms with E-state index in [0.717, 1.165) is 67.2 Å². The zero-order valence-electron chi connectivity index (χ0n) is 24.9. The van der Waals surface area contributed by atoms with E-state index in [1.165, 1.54) is 11.6 Å². The van der Waals surface area contributed by atoms with Crippen molar-refractivity contribution in [2.75, 3.05) is 0 Å². The number of aromatic hydroxyl groups is 1. The van der Waals surface area contributed by atoms with Gasteiger partial charge in [-0.15, -0.1) is 0 Å². The van der Waals surface area contributed by atoms with Crippen molar-refractivity contribution in [1.29, 1.82) is 0 Å². The van der Waals surface area contributed by atoms with Crippen molar-refractivity contribution >= 4 is 42.2 Å². The Hall–Kier alpha value is -2.87. The smallest absolute Gasteiger partial charge is 0.455 e. The molecule has 0 spiro atoms. The molecule has 2 heterocycles. The monoisotopic (exact) mass is 601 g/mol. The highest BCUT2D eigenvalue weighted by molar-refractivity contribution is 6.43. The summed E-state index contributed by atoms with van der Waals surface area (Å²) in [6.45, 7) is 2.15. The Morgan fingerprint density at radius 1 is 1.07 bits per heavy atom. The Morgan fingerprint density at radius 3 is 2.56 bits per heavy atom. The number of carbonyl (C=O) groups is 2. The summed E-state index contributed by atoms with van der Waals surface area (Å²) in [5.74, 6) is -0.827. The van der Waals surface area contributed by atoms with Crippen molar-refractivity contribution < 1.29 is 24.4 Å². The van der Waals surface area contributed by atoms with Crippen LogP contribution in [-0.2, 0) is 14.2 Å². The number of benzene rings is 2. The predicted molar refractivity (Wildman–Crippen MR) is 170 cm³/mol. The molecule has 4 aliphatic rings. The number of phenols is 1. The highest BCUT2D eigenvalue weighted by Gasteiger charge is 2.58. The number of amides is 2. The second-order valence-corrected chi connectivity index (χ2v) is 13.1. The van der Waals surface area contributed by atoms with Crippen LogP contribution in [0.1, 0.15) is 82.3 Å². The molecular weight excluding hydrogens is 561 g/mol. The lowest BCUT2D eigenvalue weighted by Crippen LogP contribution is -2.46. The summed E-state index contributed by atoms with van der Waals surface area (Å²) < 4.78 is 6.26. The van der Waals surface area contributed by atoms with E-state index < -0.39 is 13.0 Å². The van der Waals surface area contributed by atoms with E-state index >= 15 is 0 Å². The second-order valence-electron chi connectivity index (χ2n) is 12.7. The van der Waals surface area contributed by atoms with Crippen molar-refractivity contribution in [3.63, 3.8) is 0 Å². The summed E-state index contributed by atoms with van der Waals surface area (Å²) in [5.41, 5.74) is 5.32. The van der Waals surface area contributed by atoms with Crippen LogP contribution in [0.3, 0.4) is 0 Å². The van der Waals surface area contributed by atoms with Gasteiger partial charge in [0.1, 0.15) is 5.75 Å². The number of allylic oxidation sites excluding steroid dienone is 2. The molecule has 1 saturated carbocycles. The first-order valence-corrected chi connectivity index (χ1v) is 16.4. The number of phenolic OH excluding ortho intramolecular Hbond substituents is 1. The van der Waals surface area contributed by atoms with Gasteiger partial charge in [0.05, 0.1) is 23.0 Å². The number of fused-ring (bicyclic) bond motifs is 3. The quantitative estimate of drug-likeness (QED) is 0.144. The minimum Gasteiger partial charge on any atom is -0.508 e. The van der Waals surface area contributed by atoms with Gasteiger partial charge in [-0.3, -0.25) is 14.5 Å². The summed E-state index contributed by atoms with van der Waals surface area (Å²) >= 11 is 6.49. The Morgan fingerprint density at radius 2 is 1.84 bits per heavy atom. The fraction of sp³-hybridized carbons (Fsp3) is 0.486. The van der Waals surface area contributed by atoms with Crippen LogP contribution in [0.15, 0.2) is 59.7 Å². The normalized spacial score (nSPS) is 26.6. The van der Waals surface area contributed by atoms with Crippen LogP contribution in [0, 0.1) is 17.8 Å². The van der Waals surface area contributed by atoms with Gasteiger partial charge in [-0.25, -0.2) is 0 Å². The van der Waals surface area contributed by atoms with Gasteiger partial charge < -0.3 is 14.8 Å². The van der Waals surface area contributed by atoms with Crippen LogP contribution in [0.25, 0.3) is 11.6 Å². The van der Waals surface area contributed by atoms with Crippen LogP contribution in [0.4, 0.5) is 0 Å². The average molecular weight is 602 g/mol. The highest BCUT2D eigenvalue weighted by atomic mass is 35.5. The maximum absolute atomic E-state index is 14.0. The van der Waals surface area contributed by atoms with E-state index in [1.807, 2.05) is 24.3 Å². The Kier molecular flexibility index (Phi) is 9.13. The Balaban J connectivity index is 1.31. The van der Waals surface area contributed by atoms with Crippen molar-refractivity contribution in [2.24, 2.45) is 17.8 Å². The average Bonchev–Trinajstić information content (AvgIpc) is 3.26. The minimum absolute atomic E-state index is 0.00663. The van der Waals surface area contributed by atoms with E-state index in [-0.39, 0.29) is 41.5 Å². The number of nitrogens with zero attached hydrogens (tertiary/aromatic N) is 1. The summed E-state index contributed by atoms with van der Waals surface area (Å²) in [7, 11) is -0.984. The standard InChI is InChI=1S/C35H41BClNO5/c1-2-9-25-19-28-33(35(41)38(34(28)40)26-12-7-4-8-13-26)29-21-36(42)43-31(32(25)29)17-15-23(22-10-5-3-6-11-22)18-24-14-16-27(39)20-30(24)37/h3,5-6,10-11,14,16,18,20,26,28-29,31,33,39,42H,2,4,7-9,12-13,15,17,19,21H2,1H3/b23-18-/t28-,29+,31-,33-/m1/s1. The van der Waals surface area contributed by atoms with Gasteiger partial charge in [0.2, 0.25) is 11.8 Å². The van der Waals surface area contributed by atoms with E-state index in [0.29, 0.717) is 30.6 Å². The third kappa shape index (κ3) is 6.09. The van der Waals surface area contributed by atoms with Crippen LogP contribution in [0.2, 0.25) is 11.3 Å². The maximum atomic E-state index is 14.0. The molecule has 2 aromatic carbocycles. The molecule has 2 saturated heterocycles. The van der Waals surface area contributed by atoms with Gasteiger partial charge in [-0.1, -0.05) is 80.1 Å². The first-order chi connectivity index (χ1) is 20.9. The van der Waals surface area contributed by atoms with E-state index in [9.17, 15) is 19.7 Å². The number of likely N-dealkylation sites (tertiary alicyclic amines) is 1. The molecule has 226 valence electrons. The molecule has 8 heteroatoms. The Bertz CT molecular complexity index is 1420. The highest BCUT2D eigenvalue weighted by Crippen LogP contribution is 2.52. The number of imide groups is 1. The van der Waals surface area contributed by atoms with Crippen molar-refractivity contribution in [3.8, 4) is 5.75 Å². The first kappa shape index (κ1) is 30.2. The molecular formula is C35H41BClNO5. The van der Waals surface area contributed by atoms with Gasteiger partial charge >= 0.3 is 7.12 Å². The molecule has 2 aliphatic carbocycles. The summed E-state index contributed by atoms with van der Waals surface area (Å²) in [6, 6.07) is 15.1. The molecule has 6 nitrogen and oxygen atoms in total. The van der Waals surface area contributed by atoms with E-state index in [4.69, 9.17) is 16.3 Å². The zero-order valence-corrected chi connectivity index (χ0v) is 25.6. The van der Waals surface area contributed by atoms with Crippen LogP contribution in [0.5, 0.6) is 5.75 Å². The molecule has 43 heavy (non-hydrogen) atoms. The lowest BCUT2D eigenvalue weighted by Gasteiger charge is -2.43. The molecule has 0 bridgehead atoms. The van der Waals surface area contributed by atoms with Crippen molar-refractivity contribution in [1.82, 2.24) is 4.90 Å². The minimum atomic E-state index is -0.984. The van der Waals surface area contributed by atoms with Gasteiger partial charge in [0, 0.05) is 6.04 Å². The fourth-order valence-corrected chi connectivity index (χ4v) is 8.31. The van der Waals surface area contributed by atoms with Crippen LogP contribution < -0.4 is 0 Å². The molecule has 0 unspecified atom stereocenters. The molecule has 4 atom stereocenters. The number of hydrogen-bond acceptors (Lipinski definition) is 5. The predicted octanol–water partition coefficient (Wildman–Crippen LogP) is 7.30. The van der Waals surface area contributed by atoms with Crippen LogP contribution >= 0.6 is 11.6 Å². The molecule has 2 aliphatic heterocycles. The lowest BCUT2D eigenvalue weighted by molar-refractivity contribution is -0.143. The third-order valence-corrected chi connectivity index (χ3v) is 10.3. The molecule has 2 aromatic rings. The largest absolute Gasteiger partial charge is 0.508 e. The zero-order chi connectivity index (χ0) is 30.1. The summed E-state index contributed by atoms with van der Waals surface area (Å²) in [5, 5.41) is 21.3. The SMILES string of the molecule is CCCC1=C2[C@@H](CC/C(=C/c3ccc(O)cc3Cl)c3ccccc3)OB(O)C[C@@H]2[C@@H]2C(=O)N(C3CCCCC3)C(=O)[C@@H]2C1. The molecule has 3 fully saturated rings. The van der Waals surface area contributed by atoms with E-state index in [2.05, 4.69) is 19.1 Å². The molecule has 0 radical (unpaired) electrons. The fourth-order valence-electron chi connectivity index (χ4n) is 8.09. The van der Waals surface area contributed by atoms with Gasteiger partial charge in [-0.05, 0) is 97.3 Å². The number of rotatable bonds is 8. The lowest BCUT2D eigenvalue weighted by atomic mass is 9.58. The van der Waals surface area contributed by atoms with Crippen molar-refractivity contribution in [2.45, 2.75) is 89.6 Å². The van der Waals surface area contributed by atoms with Crippen LogP contribution in [-0.4, -0.2) is 46.1 Å². The van der Waals surface area contributed by atoms with Gasteiger partial charge in [0.25, 0.3) is 0 Å². The molecule has 6 rings (SSSR count). The van der Waals surface area contributed by atoms with E-state index in [1.54, 1.807) is 17.0 Å². The second kappa shape index (κ2) is 13.0. The number of halogens is 1. The molecule has 2 amide bonds. The molecule has 2 N–H and O–H groups in total. The maximum Gasteiger partial charge on any atom is 0.455 e. The Labute approximate surface area is 259 Å². The summed E-state index contributed by atoms with van der Waals surface area (Å²) in [4.78, 5) is 29.4. The molecule has 0 aromatic heterocycles.